The number of nitrogens with two attached hydrogens (primary N) is 1. The largest absolute Gasteiger partial charge is 0.382 e. The fraction of sp³-hybridized carbons (Fsp3) is 0.0455. The summed E-state index contributed by atoms with van der Waals surface area (Å²) in [5.41, 5.74) is 9.78. The Labute approximate surface area is 191 Å². The first-order chi connectivity index (χ1) is 15.5. The third kappa shape index (κ3) is 3.66. The van der Waals surface area contributed by atoms with Crippen LogP contribution >= 0.6 is 22.7 Å². The summed E-state index contributed by atoms with van der Waals surface area (Å²) in [6.45, 7) is 6.06. The number of aromatic amines is 1. The Morgan fingerprint density at radius 1 is 1.16 bits per heavy atom. The van der Waals surface area contributed by atoms with Crippen LogP contribution in [0.4, 0.5) is 21.6 Å². The van der Waals surface area contributed by atoms with Gasteiger partial charge in [-0.25, -0.2) is 9.97 Å². The summed E-state index contributed by atoms with van der Waals surface area (Å²) >= 11 is 3.03. The van der Waals surface area contributed by atoms with Gasteiger partial charge in [0, 0.05) is 29.9 Å². The number of nitrogens with zero attached hydrogens (tertiary/aromatic N) is 3. The van der Waals surface area contributed by atoms with Gasteiger partial charge < -0.3 is 21.4 Å². The minimum Gasteiger partial charge on any atom is -0.382 e. The van der Waals surface area contributed by atoms with Crippen molar-refractivity contribution in [3.63, 3.8) is 0 Å². The van der Waals surface area contributed by atoms with Crippen molar-refractivity contribution in [1.82, 2.24) is 19.4 Å². The highest BCUT2D eigenvalue weighted by Gasteiger charge is 2.15. The molecule has 0 aliphatic rings. The molecule has 0 amide bonds. The number of rotatable bonds is 6. The number of aromatic nitrogens is 4. The minimum absolute atomic E-state index is 0.0760. The molecule has 5 aromatic heterocycles. The SMILES string of the molecule is C=C(Nc1cccnc1N)c1ccc(Nc2ncc(-c3c(C)[nH]c4cccc(=O)n34)s2)s1. The van der Waals surface area contributed by atoms with Crippen molar-refractivity contribution in [2.45, 2.75) is 6.92 Å². The number of H-pyrrole nitrogens is 1. The molecule has 0 saturated carbocycles. The molecule has 10 heteroatoms. The molecule has 0 aliphatic carbocycles. The van der Waals surface area contributed by atoms with Gasteiger partial charge in [-0.1, -0.05) is 24.0 Å². The summed E-state index contributed by atoms with van der Waals surface area (Å²) in [5, 5.41) is 8.21. The lowest BCUT2D eigenvalue weighted by molar-refractivity contribution is 1.12. The average Bonchev–Trinajstić information content (AvgIpc) is 3.49. The molecule has 8 nitrogen and oxygen atoms in total. The Hall–Kier alpha value is -3.89. The molecule has 5 aromatic rings. The third-order valence-electron chi connectivity index (χ3n) is 4.85. The van der Waals surface area contributed by atoms with Gasteiger partial charge in [-0.05, 0) is 37.3 Å². The lowest BCUT2D eigenvalue weighted by Gasteiger charge is -2.09. The molecule has 0 saturated heterocycles. The molecule has 5 heterocycles. The van der Waals surface area contributed by atoms with Gasteiger partial charge >= 0.3 is 0 Å². The quantitative estimate of drug-likeness (QED) is 0.285. The lowest BCUT2D eigenvalue weighted by atomic mass is 10.3. The molecule has 5 rings (SSSR count). The van der Waals surface area contributed by atoms with Crippen LogP contribution in [-0.2, 0) is 0 Å². The van der Waals surface area contributed by atoms with Gasteiger partial charge in [-0.2, -0.15) is 0 Å². The van der Waals surface area contributed by atoms with Crippen LogP contribution in [0.25, 0.3) is 21.9 Å². The molecule has 32 heavy (non-hydrogen) atoms. The number of nitrogen functional groups attached to an aromatic ring is 1. The monoisotopic (exact) mass is 461 g/mol. The summed E-state index contributed by atoms with van der Waals surface area (Å²) in [4.78, 5) is 26.1. The molecule has 0 atom stereocenters. The Morgan fingerprint density at radius 3 is 2.88 bits per heavy atom. The van der Waals surface area contributed by atoms with Crippen molar-refractivity contribution >= 4 is 55.7 Å². The minimum atomic E-state index is -0.0760. The summed E-state index contributed by atoms with van der Waals surface area (Å²) in [6.07, 6.45) is 3.43. The highest BCUT2D eigenvalue weighted by molar-refractivity contribution is 7.20. The normalized spacial score (nSPS) is 11.0. The topological polar surface area (TPSA) is 113 Å². The van der Waals surface area contributed by atoms with Gasteiger partial charge in [0.15, 0.2) is 5.13 Å². The number of anilines is 4. The zero-order valence-electron chi connectivity index (χ0n) is 17.0. The van der Waals surface area contributed by atoms with Gasteiger partial charge in [0.1, 0.15) is 11.5 Å². The first kappa shape index (κ1) is 20.0. The van der Waals surface area contributed by atoms with Crippen LogP contribution in [0, 0.1) is 6.92 Å². The number of imidazole rings is 1. The maximum absolute atomic E-state index is 12.4. The zero-order valence-corrected chi connectivity index (χ0v) is 18.7. The molecule has 0 bridgehead atoms. The van der Waals surface area contributed by atoms with E-state index < -0.39 is 0 Å². The number of hydrogen-bond donors (Lipinski definition) is 4. The molecule has 0 fully saturated rings. The first-order valence-electron chi connectivity index (χ1n) is 9.70. The van der Waals surface area contributed by atoms with Gasteiger partial charge in [-0.3, -0.25) is 9.20 Å². The molecule has 5 N–H and O–H groups in total. The number of hydrogen-bond acceptors (Lipinski definition) is 8. The van der Waals surface area contributed by atoms with Crippen molar-refractivity contribution in [1.29, 1.82) is 0 Å². The van der Waals surface area contributed by atoms with Crippen molar-refractivity contribution in [3.8, 4) is 10.6 Å². The predicted molar refractivity (Wildman–Crippen MR) is 133 cm³/mol. The lowest BCUT2D eigenvalue weighted by Crippen LogP contribution is -2.10. The summed E-state index contributed by atoms with van der Waals surface area (Å²) < 4.78 is 1.68. The smallest absolute Gasteiger partial charge is 0.256 e. The number of thiazole rings is 1. The summed E-state index contributed by atoms with van der Waals surface area (Å²) in [5.74, 6) is 0.422. The van der Waals surface area contributed by atoms with E-state index >= 15 is 0 Å². The highest BCUT2D eigenvalue weighted by Crippen LogP contribution is 2.35. The Bertz CT molecular complexity index is 1510. The van der Waals surface area contributed by atoms with E-state index in [1.165, 1.54) is 11.3 Å². The number of nitrogens with one attached hydrogen (secondary N) is 3. The number of thiophene rings is 1. The van der Waals surface area contributed by atoms with Crippen LogP contribution in [0.1, 0.15) is 10.6 Å². The average molecular weight is 462 g/mol. The zero-order chi connectivity index (χ0) is 22.2. The van der Waals surface area contributed by atoms with Crippen molar-refractivity contribution in [2.75, 3.05) is 16.4 Å². The maximum atomic E-state index is 12.4. The second-order valence-corrected chi connectivity index (χ2v) is 9.16. The fourth-order valence-electron chi connectivity index (χ4n) is 3.39. The second-order valence-electron chi connectivity index (χ2n) is 7.04. The highest BCUT2D eigenvalue weighted by atomic mass is 32.1. The van der Waals surface area contributed by atoms with Crippen LogP contribution in [-0.4, -0.2) is 19.4 Å². The van der Waals surface area contributed by atoms with Crippen LogP contribution in [0.5, 0.6) is 0 Å². The molecule has 0 aliphatic heterocycles. The molecule has 160 valence electrons. The molecule has 0 radical (unpaired) electrons. The van der Waals surface area contributed by atoms with Crippen molar-refractivity contribution < 1.29 is 0 Å². The van der Waals surface area contributed by atoms with Gasteiger partial charge in [-0.15, -0.1) is 11.3 Å². The molecule has 0 unspecified atom stereocenters. The van der Waals surface area contributed by atoms with Crippen LogP contribution in [0.3, 0.4) is 0 Å². The van der Waals surface area contributed by atoms with E-state index in [-0.39, 0.29) is 5.56 Å². The summed E-state index contributed by atoms with van der Waals surface area (Å²) in [7, 11) is 0. The Kier molecular flexibility index (Phi) is 5.00. The van der Waals surface area contributed by atoms with Crippen LogP contribution < -0.4 is 21.9 Å². The molecular weight excluding hydrogens is 442 g/mol. The van der Waals surface area contributed by atoms with E-state index in [0.717, 1.165) is 42.6 Å². The van der Waals surface area contributed by atoms with Crippen LogP contribution in [0.15, 0.2) is 66.2 Å². The van der Waals surface area contributed by atoms with E-state index in [1.807, 2.05) is 37.3 Å². The standard InChI is InChI=1S/C22H19N7OS2/c1-12(26-14-5-4-10-24-21(14)23)15-8-9-18(31-15)28-22-25-11-16(32-22)20-13(2)27-17-6-3-7-19(30)29(17)20/h3-11,26-27H,1H2,2H3,(H2,23,24)(H,25,28). The number of pyridine rings is 2. The van der Waals surface area contributed by atoms with Crippen molar-refractivity contribution in [2.24, 2.45) is 0 Å². The van der Waals surface area contributed by atoms with E-state index in [4.69, 9.17) is 5.73 Å². The Balaban J connectivity index is 1.36. The second kappa shape index (κ2) is 7.98. The van der Waals surface area contributed by atoms with Gasteiger partial charge in [0.25, 0.3) is 5.56 Å². The molecular formula is C22H19N7OS2. The van der Waals surface area contributed by atoms with Crippen molar-refractivity contribution in [3.05, 3.63) is 82.4 Å². The third-order valence-corrected chi connectivity index (χ3v) is 6.83. The van der Waals surface area contributed by atoms with Gasteiger partial charge in [0.2, 0.25) is 0 Å². The van der Waals surface area contributed by atoms with E-state index in [0.29, 0.717) is 11.5 Å². The fourth-order valence-corrected chi connectivity index (χ4v) is 5.21. The predicted octanol–water partition coefficient (Wildman–Crippen LogP) is 4.92. The molecule has 0 spiro atoms. The van der Waals surface area contributed by atoms with E-state index in [1.54, 1.807) is 40.3 Å². The summed E-state index contributed by atoms with van der Waals surface area (Å²) in [6, 6.07) is 12.8. The number of fused-ring (bicyclic) bond motifs is 1. The Morgan fingerprint density at radius 2 is 2.03 bits per heavy atom. The maximum Gasteiger partial charge on any atom is 0.256 e. The van der Waals surface area contributed by atoms with E-state index in [2.05, 4.69) is 32.2 Å². The molecule has 0 aromatic carbocycles. The number of aryl methyl sites for hydroxylation is 1. The van der Waals surface area contributed by atoms with E-state index in [9.17, 15) is 4.79 Å². The van der Waals surface area contributed by atoms with Gasteiger partial charge in [0.05, 0.1) is 26.1 Å². The first-order valence-corrected chi connectivity index (χ1v) is 11.3. The van der Waals surface area contributed by atoms with Crippen LogP contribution in [0.2, 0.25) is 0 Å².